The van der Waals surface area contributed by atoms with E-state index in [1.807, 2.05) is 48.5 Å². The van der Waals surface area contributed by atoms with Crippen LogP contribution in [0.3, 0.4) is 0 Å². The number of carbonyl (C=O) groups is 1. The standard InChI is InChI=1S/C24H20ClN3O3/c1-28(14-22-26-20-10-6-5-9-18(20)24(30)27-22)23(29)15-31-21-12-11-17(13-19(21)25)16-7-3-2-4-8-16/h2-13H,14-15H2,1H3,(H,26,27,30). The summed E-state index contributed by atoms with van der Waals surface area (Å²) < 4.78 is 5.63. The number of carbonyl (C=O) groups excluding carboxylic acids is 1. The summed E-state index contributed by atoms with van der Waals surface area (Å²) in [5.41, 5.74) is 2.36. The lowest BCUT2D eigenvalue weighted by Crippen LogP contribution is -2.32. The van der Waals surface area contributed by atoms with E-state index in [1.54, 1.807) is 31.3 Å². The monoisotopic (exact) mass is 433 g/mol. The fourth-order valence-corrected chi connectivity index (χ4v) is 3.44. The third-order valence-corrected chi connectivity index (χ3v) is 5.16. The van der Waals surface area contributed by atoms with Crippen molar-refractivity contribution in [2.45, 2.75) is 6.54 Å². The molecule has 1 amide bonds. The maximum atomic E-state index is 12.5. The van der Waals surface area contributed by atoms with E-state index in [0.717, 1.165) is 11.1 Å². The lowest BCUT2D eigenvalue weighted by atomic mass is 10.1. The number of benzene rings is 3. The number of nitrogens with zero attached hydrogens (tertiary/aromatic N) is 2. The molecule has 0 spiro atoms. The molecule has 156 valence electrons. The van der Waals surface area contributed by atoms with Gasteiger partial charge in [-0.1, -0.05) is 60.1 Å². The highest BCUT2D eigenvalue weighted by atomic mass is 35.5. The molecule has 1 N–H and O–H groups in total. The topological polar surface area (TPSA) is 75.3 Å². The van der Waals surface area contributed by atoms with Gasteiger partial charge in [-0.15, -0.1) is 0 Å². The molecule has 0 radical (unpaired) electrons. The van der Waals surface area contributed by atoms with E-state index in [2.05, 4.69) is 9.97 Å². The molecule has 1 aromatic heterocycles. The second-order valence-corrected chi connectivity index (χ2v) is 7.49. The van der Waals surface area contributed by atoms with Gasteiger partial charge < -0.3 is 14.6 Å². The number of rotatable bonds is 6. The van der Waals surface area contributed by atoms with Crippen molar-refractivity contribution < 1.29 is 9.53 Å². The van der Waals surface area contributed by atoms with E-state index < -0.39 is 0 Å². The van der Waals surface area contributed by atoms with E-state index in [9.17, 15) is 9.59 Å². The van der Waals surface area contributed by atoms with Crippen LogP contribution in [0.2, 0.25) is 5.02 Å². The first kappa shape index (κ1) is 20.6. The van der Waals surface area contributed by atoms with Crippen LogP contribution in [-0.2, 0) is 11.3 Å². The minimum Gasteiger partial charge on any atom is -0.482 e. The fourth-order valence-electron chi connectivity index (χ4n) is 3.20. The molecular weight excluding hydrogens is 414 g/mol. The fraction of sp³-hybridized carbons (Fsp3) is 0.125. The van der Waals surface area contributed by atoms with Crippen LogP contribution in [0.1, 0.15) is 5.82 Å². The van der Waals surface area contributed by atoms with Gasteiger partial charge in [0.05, 0.1) is 22.5 Å². The van der Waals surface area contributed by atoms with Crippen molar-refractivity contribution in [3.05, 3.63) is 94.0 Å². The molecule has 4 rings (SSSR count). The summed E-state index contributed by atoms with van der Waals surface area (Å²) in [5, 5.41) is 0.939. The minimum atomic E-state index is -0.265. The van der Waals surface area contributed by atoms with E-state index in [0.29, 0.717) is 27.5 Å². The molecule has 0 saturated carbocycles. The van der Waals surface area contributed by atoms with Crippen molar-refractivity contribution in [2.24, 2.45) is 0 Å². The summed E-state index contributed by atoms with van der Waals surface area (Å²) in [7, 11) is 1.63. The number of halogens is 1. The van der Waals surface area contributed by atoms with Crippen LogP contribution < -0.4 is 10.3 Å². The number of hydrogen-bond donors (Lipinski definition) is 1. The quantitative estimate of drug-likeness (QED) is 0.492. The highest BCUT2D eigenvalue weighted by molar-refractivity contribution is 6.32. The van der Waals surface area contributed by atoms with Gasteiger partial charge in [-0.05, 0) is 35.4 Å². The summed E-state index contributed by atoms with van der Waals surface area (Å²) in [5.74, 6) is 0.573. The Morgan fingerprint density at radius 2 is 1.77 bits per heavy atom. The first-order valence-electron chi connectivity index (χ1n) is 9.71. The predicted octanol–water partition coefficient (Wildman–Crippen LogP) is 4.28. The maximum Gasteiger partial charge on any atom is 0.260 e. The van der Waals surface area contributed by atoms with Crippen LogP contribution in [0, 0.1) is 0 Å². The van der Waals surface area contributed by atoms with Crippen molar-refractivity contribution in [3.8, 4) is 16.9 Å². The maximum absolute atomic E-state index is 12.5. The highest BCUT2D eigenvalue weighted by Gasteiger charge is 2.14. The first-order chi connectivity index (χ1) is 15.0. The van der Waals surface area contributed by atoms with Crippen molar-refractivity contribution >= 4 is 28.4 Å². The van der Waals surface area contributed by atoms with Crippen LogP contribution in [-0.4, -0.2) is 34.4 Å². The highest BCUT2D eigenvalue weighted by Crippen LogP contribution is 2.30. The number of likely N-dealkylation sites (N-methyl/N-ethyl adjacent to an activating group) is 1. The molecule has 4 aromatic rings. The third kappa shape index (κ3) is 4.75. The smallest absolute Gasteiger partial charge is 0.260 e. The zero-order valence-electron chi connectivity index (χ0n) is 16.8. The molecule has 3 aromatic carbocycles. The Bertz CT molecular complexity index is 1290. The summed E-state index contributed by atoms with van der Waals surface area (Å²) in [4.78, 5) is 33.3. The molecule has 0 bridgehead atoms. The molecule has 0 atom stereocenters. The molecule has 0 aliphatic carbocycles. The van der Waals surface area contributed by atoms with Crippen LogP contribution in [0.15, 0.2) is 77.6 Å². The molecule has 7 heteroatoms. The molecule has 0 aliphatic rings. The second-order valence-electron chi connectivity index (χ2n) is 7.08. The molecule has 0 saturated heterocycles. The Labute approximate surface area is 184 Å². The number of hydrogen-bond acceptors (Lipinski definition) is 4. The number of aromatic amines is 1. The third-order valence-electron chi connectivity index (χ3n) is 4.86. The van der Waals surface area contributed by atoms with E-state index >= 15 is 0 Å². The summed E-state index contributed by atoms with van der Waals surface area (Å²) in [6.45, 7) is -0.0261. The average molecular weight is 434 g/mol. The Hall–Kier alpha value is -3.64. The van der Waals surface area contributed by atoms with Gasteiger partial charge in [0.2, 0.25) is 0 Å². The number of ether oxygens (including phenoxy) is 1. The van der Waals surface area contributed by atoms with E-state index in [4.69, 9.17) is 16.3 Å². The Balaban J connectivity index is 1.40. The van der Waals surface area contributed by atoms with Crippen LogP contribution >= 0.6 is 11.6 Å². The molecule has 0 fully saturated rings. The first-order valence-corrected chi connectivity index (χ1v) is 10.1. The number of aromatic nitrogens is 2. The lowest BCUT2D eigenvalue weighted by molar-refractivity contribution is -0.132. The van der Waals surface area contributed by atoms with Crippen LogP contribution in [0.4, 0.5) is 0 Å². The van der Waals surface area contributed by atoms with Gasteiger partial charge in [0.25, 0.3) is 11.5 Å². The average Bonchev–Trinajstić information content (AvgIpc) is 2.78. The molecule has 1 heterocycles. The predicted molar refractivity (Wildman–Crippen MR) is 121 cm³/mol. The Morgan fingerprint density at radius 3 is 2.55 bits per heavy atom. The van der Waals surface area contributed by atoms with Gasteiger partial charge in [0.1, 0.15) is 11.6 Å². The molecule has 0 aliphatic heterocycles. The van der Waals surface area contributed by atoms with Gasteiger partial charge in [-0.3, -0.25) is 9.59 Å². The molecule has 0 unspecified atom stereocenters. The van der Waals surface area contributed by atoms with Gasteiger partial charge in [-0.25, -0.2) is 4.98 Å². The zero-order valence-corrected chi connectivity index (χ0v) is 17.6. The van der Waals surface area contributed by atoms with E-state index in [1.165, 1.54) is 4.90 Å². The normalized spacial score (nSPS) is 10.8. The van der Waals surface area contributed by atoms with E-state index in [-0.39, 0.29) is 24.6 Å². The number of amides is 1. The van der Waals surface area contributed by atoms with Crippen LogP contribution in [0.5, 0.6) is 5.75 Å². The van der Waals surface area contributed by atoms with Gasteiger partial charge >= 0.3 is 0 Å². The van der Waals surface area contributed by atoms with Crippen molar-refractivity contribution in [1.29, 1.82) is 0 Å². The number of fused-ring (bicyclic) bond motifs is 1. The van der Waals surface area contributed by atoms with Gasteiger partial charge in [-0.2, -0.15) is 0 Å². The van der Waals surface area contributed by atoms with Gasteiger partial charge in [0, 0.05) is 7.05 Å². The number of H-pyrrole nitrogens is 1. The second kappa shape index (κ2) is 9.02. The summed E-state index contributed by atoms with van der Waals surface area (Å²) in [6.07, 6.45) is 0. The molecule has 31 heavy (non-hydrogen) atoms. The minimum absolute atomic E-state index is 0.156. The Morgan fingerprint density at radius 1 is 1.03 bits per heavy atom. The molecule has 6 nitrogen and oxygen atoms in total. The van der Waals surface area contributed by atoms with Crippen molar-refractivity contribution in [3.63, 3.8) is 0 Å². The number of nitrogens with one attached hydrogen (secondary N) is 1. The summed E-state index contributed by atoms with van der Waals surface area (Å²) >= 11 is 6.35. The Kier molecular flexibility index (Phi) is 6.00. The largest absolute Gasteiger partial charge is 0.482 e. The SMILES string of the molecule is CN(Cc1nc2ccccc2c(=O)[nH]1)C(=O)COc1ccc(-c2ccccc2)cc1Cl. The van der Waals surface area contributed by atoms with Crippen molar-refractivity contribution in [1.82, 2.24) is 14.9 Å². The van der Waals surface area contributed by atoms with Gasteiger partial charge in [0.15, 0.2) is 6.61 Å². The van der Waals surface area contributed by atoms with Crippen molar-refractivity contribution in [2.75, 3.05) is 13.7 Å². The lowest BCUT2D eigenvalue weighted by Gasteiger charge is -2.17. The summed E-state index contributed by atoms with van der Waals surface area (Å²) in [6, 6.07) is 22.4. The molecular formula is C24H20ClN3O3. The number of para-hydroxylation sites is 1. The van der Waals surface area contributed by atoms with Crippen LogP contribution in [0.25, 0.3) is 22.0 Å². The zero-order chi connectivity index (χ0) is 21.8.